The number of sulfonamides is 1. The zero-order chi connectivity index (χ0) is 20.1. The molecule has 1 saturated heterocycles. The van der Waals surface area contributed by atoms with Crippen LogP contribution in [0.25, 0.3) is 0 Å². The van der Waals surface area contributed by atoms with Crippen molar-refractivity contribution in [3.8, 4) is 0 Å². The van der Waals surface area contributed by atoms with E-state index in [1.807, 2.05) is 30.3 Å². The largest absolute Gasteiger partial charge is 0.356 e. The first-order chi connectivity index (χ1) is 13.6. The van der Waals surface area contributed by atoms with E-state index in [2.05, 4.69) is 25.2 Å². The Kier molecular flexibility index (Phi) is 13.5. The zero-order valence-electron chi connectivity index (χ0n) is 17.4. The molecule has 0 saturated carbocycles. The number of guanidine groups is 1. The molecule has 3 N–H and O–H groups in total. The molecule has 1 aliphatic rings. The number of nitrogens with one attached hydrogen (secondary N) is 3. The molecule has 0 radical (unpaired) electrons. The smallest absolute Gasteiger partial charge is 0.213 e. The van der Waals surface area contributed by atoms with Gasteiger partial charge in [-0.15, -0.1) is 24.0 Å². The fourth-order valence-electron chi connectivity index (χ4n) is 3.25. The van der Waals surface area contributed by atoms with Crippen molar-refractivity contribution in [1.82, 2.24) is 20.3 Å². The standard InChI is InChI=1S/C20H35N5O2S.HI/c1-21-20(22-12-9-16-25-14-7-2-3-8-15-25)23-13-17-28(26,27)24-18-19-10-5-4-6-11-19;/h4-6,10-11,24H,2-3,7-9,12-18H2,1H3,(H2,21,22,23);1H. The van der Waals surface area contributed by atoms with E-state index in [9.17, 15) is 8.42 Å². The van der Waals surface area contributed by atoms with Gasteiger partial charge in [0.25, 0.3) is 0 Å². The summed E-state index contributed by atoms with van der Waals surface area (Å²) >= 11 is 0. The number of halogens is 1. The Morgan fingerprint density at radius 2 is 1.69 bits per heavy atom. The van der Waals surface area contributed by atoms with Gasteiger partial charge >= 0.3 is 0 Å². The van der Waals surface area contributed by atoms with Crippen LogP contribution >= 0.6 is 24.0 Å². The van der Waals surface area contributed by atoms with Crippen molar-refractivity contribution in [2.75, 3.05) is 45.5 Å². The Balaban J connectivity index is 0.00000420. The molecule has 0 spiro atoms. The highest BCUT2D eigenvalue weighted by atomic mass is 127. The van der Waals surface area contributed by atoms with Gasteiger partial charge in [0.15, 0.2) is 5.96 Å². The quantitative estimate of drug-likeness (QED) is 0.184. The molecule has 7 nitrogen and oxygen atoms in total. The second-order valence-electron chi connectivity index (χ2n) is 7.16. The first kappa shape index (κ1) is 26.1. The van der Waals surface area contributed by atoms with Crippen LogP contribution in [0.1, 0.15) is 37.7 Å². The normalized spacial score (nSPS) is 16.0. The molecule has 0 bridgehead atoms. The van der Waals surface area contributed by atoms with Crippen molar-refractivity contribution in [2.24, 2.45) is 4.99 Å². The Morgan fingerprint density at radius 3 is 2.34 bits per heavy atom. The third-order valence-electron chi connectivity index (χ3n) is 4.87. The molecule has 1 fully saturated rings. The van der Waals surface area contributed by atoms with Crippen molar-refractivity contribution in [3.05, 3.63) is 35.9 Å². The van der Waals surface area contributed by atoms with Gasteiger partial charge in [-0.2, -0.15) is 0 Å². The summed E-state index contributed by atoms with van der Waals surface area (Å²) in [6.07, 6.45) is 6.38. The van der Waals surface area contributed by atoms with Gasteiger partial charge in [-0.25, -0.2) is 13.1 Å². The van der Waals surface area contributed by atoms with Crippen LogP contribution < -0.4 is 15.4 Å². The maximum Gasteiger partial charge on any atom is 0.213 e. The maximum absolute atomic E-state index is 12.1. The maximum atomic E-state index is 12.1. The molecule has 1 aliphatic heterocycles. The van der Waals surface area contributed by atoms with Crippen LogP contribution in [0, 0.1) is 0 Å². The summed E-state index contributed by atoms with van der Waals surface area (Å²) < 4.78 is 26.9. The van der Waals surface area contributed by atoms with Crippen LogP contribution in [0.2, 0.25) is 0 Å². The topological polar surface area (TPSA) is 85.8 Å². The van der Waals surface area contributed by atoms with Crippen molar-refractivity contribution >= 4 is 40.0 Å². The van der Waals surface area contributed by atoms with Crippen molar-refractivity contribution in [1.29, 1.82) is 0 Å². The minimum atomic E-state index is -3.33. The molecule has 1 aromatic rings. The predicted octanol–water partition coefficient (Wildman–Crippen LogP) is 2.16. The van der Waals surface area contributed by atoms with Crippen LogP contribution in [0.15, 0.2) is 35.3 Å². The number of likely N-dealkylation sites (tertiary alicyclic amines) is 1. The third kappa shape index (κ3) is 11.8. The molecule has 29 heavy (non-hydrogen) atoms. The van der Waals surface area contributed by atoms with E-state index in [1.165, 1.54) is 38.8 Å². The lowest BCUT2D eigenvalue weighted by atomic mass is 10.2. The van der Waals surface area contributed by atoms with E-state index in [4.69, 9.17) is 0 Å². The number of aliphatic imine (C=N–C) groups is 1. The fraction of sp³-hybridized carbons (Fsp3) is 0.650. The van der Waals surface area contributed by atoms with Gasteiger partial charge in [0.2, 0.25) is 10.0 Å². The third-order valence-corrected chi connectivity index (χ3v) is 6.19. The summed E-state index contributed by atoms with van der Waals surface area (Å²) in [6.45, 7) is 4.97. The predicted molar refractivity (Wildman–Crippen MR) is 131 cm³/mol. The summed E-state index contributed by atoms with van der Waals surface area (Å²) in [5, 5.41) is 6.34. The Labute approximate surface area is 193 Å². The Morgan fingerprint density at radius 1 is 1.03 bits per heavy atom. The summed E-state index contributed by atoms with van der Waals surface area (Å²) in [6, 6.07) is 9.51. The zero-order valence-corrected chi connectivity index (χ0v) is 20.5. The number of hydrogen-bond acceptors (Lipinski definition) is 4. The monoisotopic (exact) mass is 537 g/mol. The summed E-state index contributed by atoms with van der Waals surface area (Å²) in [5.74, 6) is 0.656. The Bertz CT molecular complexity index is 677. The minimum Gasteiger partial charge on any atom is -0.356 e. The van der Waals surface area contributed by atoms with Crippen LogP contribution in [-0.2, 0) is 16.6 Å². The molecule has 0 atom stereocenters. The summed E-state index contributed by atoms with van der Waals surface area (Å²) in [4.78, 5) is 6.70. The van der Waals surface area contributed by atoms with E-state index in [0.29, 0.717) is 19.0 Å². The SMILES string of the molecule is CN=C(NCCCN1CCCCCC1)NCCS(=O)(=O)NCc1ccccc1.I. The molecule has 0 unspecified atom stereocenters. The number of benzene rings is 1. The van der Waals surface area contributed by atoms with E-state index in [1.54, 1.807) is 7.05 Å². The molecule has 1 aromatic carbocycles. The molecule has 0 aromatic heterocycles. The van der Waals surface area contributed by atoms with Gasteiger partial charge in [-0.1, -0.05) is 43.2 Å². The van der Waals surface area contributed by atoms with E-state index < -0.39 is 10.0 Å². The second-order valence-corrected chi connectivity index (χ2v) is 9.09. The van der Waals surface area contributed by atoms with Gasteiger partial charge in [-0.3, -0.25) is 4.99 Å². The lowest BCUT2D eigenvalue weighted by Crippen LogP contribution is -2.42. The molecular weight excluding hydrogens is 501 g/mol. The minimum absolute atomic E-state index is 0. The summed E-state index contributed by atoms with van der Waals surface area (Å²) in [5.41, 5.74) is 0.945. The lowest BCUT2D eigenvalue weighted by molar-refractivity contribution is 0.282. The molecule has 0 amide bonds. The van der Waals surface area contributed by atoms with E-state index >= 15 is 0 Å². The molecule has 1 heterocycles. The van der Waals surface area contributed by atoms with Gasteiger partial charge in [-0.05, 0) is 44.5 Å². The lowest BCUT2D eigenvalue weighted by Gasteiger charge is -2.20. The Hall–Kier alpha value is -0.910. The average molecular weight is 538 g/mol. The molecule has 9 heteroatoms. The number of rotatable bonds is 10. The van der Waals surface area contributed by atoms with Gasteiger partial charge in [0, 0.05) is 26.7 Å². The fourth-order valence-corrected chi connectivity index (χ4v) is 4.16. The van der Waals surface area contributed by atoms with Gasteiger partial charge in [0.05, 0.1) is 5.75 Å². The van der Waals surface area contributed by atoms with Crippen LogP contribution in [0.4, 0.5) is 0 Å². The second kappa shape index (κ2) is 15.0. The molecule has 2 rings (SSSR count). The van der Waals surface area contributed by atoms with Crippen molar-refractivity contribution in [2.45, 2.75) is 38.6 Å². The van der Waals surface area contributed by atoms with Crippen molar-refractivity contribution < 1.29 is 8.42 Å². The van der Waals surface area contributed by atoms with Crippen LogP contribution in [0.3, 0.4) is 0 Å². The van der Waals surface area contributed by atoms with Gasteiger partial charge < -0.3 is 15.5 Å². The van der Waals surface area contributed by atoms with E-state index in [-0.39, 0.29) is 29.7 Å². The van der Waals surface area contributed by atoms with Gasteiger partial charge in [0.1, 0.15) is 0 Å². The van der Waals surface area contributed by atoms with Crippen LogP contribution in [0.5, 0.6) is 0 Å². The number of hydrogen-bond donors (Lipinski definition) is 3. The highest BCUT2D eigenvalue weighted by molar-refractivity contribution is 14.0. The number of nitrogens with zero attached hydrogens (tertiary/aromatic N) is 2. The van der Waals surface area contributed by atoms with Crippen molar-refractivity contribution in [3.63, 3.8) is 0 Å². The average Bonchev–Trinajstić information content (AvgIpc) is 2.98. The summed E-state index contributed by atoms with van der Waals surface area (Å²) in [7, 11) is -1.63. The first-order valence-corrected chi connectivity index (χ1v) is 11.9. The highest BCUT2D eigenvalue weighted by Gasteiger charge is 2.11. The highest BCUT2D eigenvalue weighted by Crippen LogP contribution is 2.09. The van der Waals surface area contributed by atoms with E-state index in [0.717, 1.165) is 25.1 Å². The molecule has 0 aliphatic carbocycles. The molecular formula is C20H36IN5O2S. The van der Waals surface area contributed by atoms with Crippen LogP contribution in [-0.4, -0.2) is 64.8 Å². The first-order valence-electron chi connectivity index (χ1n) is 10.3. The molecule has 166 valence electrons.